The molecule has 7 nitrogen and oxygen atoms in total. The Bertz CT molecular complexity index is 852. The molecular formula is C20H26N6O. The lowest BCUT2D eigenvalue weighted by Gasteiger charge is -2.11. The molecule has 0 bridgehead atoms. The van der Waals surface area contributed by atoms with Crippen molar-refractivity contribution >= 4 is 5.96 Å². The summed E-state index contributed by atoms with van der Waals surface area (Å²) < 4.78 is 7.72. The van der Waals surface area contributed by atoms with Crippen molar-refractivity contribution < 1.29 is 4.42 Å². The number of nitrogens with zero attached hydrogens (tertiary/aromatic N) is 4. The van der Waals surface area contributed by atoms with E-state index >= 15 is 0 Å². The van der Waals surface area contributed by atoms with Crippen LogP contribution >= 0.6 is 0 Å². The van der Waals surface area contributed by atoms with Gasteiger partial charge in [-0.05, 0) is 31.9 Å². The summed E-state index contributed by atoms with van der Waals surface area (Å²) in [5.74, 6) is 2.45. The van der Waals surface area contributed by atoms with E-state index in [1.807, 2.05) is 49.6 Å². The van der Waals surface area contributed by atoms with Crippen LogP contribution in [-0.2, 0) is 13.1 Å². The molecule has 27 heavy (non-hydrogen) atoms. The number of oxazole rings is 1. The van der Waals surface area contributed by atoms with Gasteiger partial charge in [-0.1, -0.05) is 18.2 Å². The second-order valence-electron chi connectivity index (χ2n) is 6.24. The van der Waals surface area contributed by atoms with Crippen LogP contribution < -0.4 is 10.6 Å². The van der Waals surface area contributed by atoms with Crippen LogP contribution in [0.3, 0.4) is 0 Å². The van der Waals surface area contributed by atoms with Crippen molar-refractivity contribution in [2.45, 2.75) is 32.9 Å². The quantitative estimate of drug-likeness (QED) is 0.364. The van der Waals surface area contributed by atoms with Crippen LogP contribution in [0.25, 0.3) is 11.5 Å². The zero-order valence-electron chi connectivity index (χ0n) is 15.9. The van der Waals surface area contributed by atoms with Crippen LogP contribution in [0.5, 0.6) is 0 Å². The van der Waals surface area contributed by atoms with Gasteiger partial charge in [0, 0.05) is 38.1 Å². The van der Waals surface area contributed by atoms with Gasteiger partial charge >= 0.3 is 0 Å². The van der Waals surface area contributed by atoms with E-state index in [1.54, 1.807) is 13.3 Å². The van der Waals surface area contributed by atoms with Gasteiger partial charge in [0.15, 0.2) is 5.96 Å². The van der Waals surface area contributed by atoms with E-state index in [-0.39, 0.29) is 0 Å². The normalized spacial score (nSPS) is 11.6. The largest absolute Gasteiger partial charge is 0.444 e. The Labute approximate surface area is 159 Å². The Kier molecular flexibility index (Phi) is 6.62. The maximum absolute atomic E-state index is 5.56. The number of rotatable bonds is 8. The topological polar surface area (TPSA) is 80.3 Å². The van der Waals surface area contributed by atoms with E-state index in [4.69, 9.17) is 4.42 Å². The predicted octanol–water partition coefficient (Wildman–Crippen LogP) is 2.99. The standard InChI is InChI=1S/C20H26N6O/c1-16-22-11-13-26(16)12-7-6-10-23-20(21-2)24-14-18-15-27-19(25-18)17-8-4-3-5-9-17/h3-5,8-9,11,13,15H,6-7,10,12,14H2,1-2H3,(H2,21,23,24). The fourth-order valence-corrected chi connectivity index (χ4v) is 2.75. The highest BCUT2D eigenvalue weighted by atomic mass is 16.3. The summed E-state index contributed by atoms with van der Waals surface area (Å²) in [7, 11) is 1.77. The summed E-state index contributed by atoms with van der Waals surface area (Å²) >= 11 is 0. The Morgan fingerprint density at radius 2 is 2.04 bits per heavy atom. The second kappa shape index (κ2) is 9.56. The summed E-state index contributed by atoms with van der Waals surface area (Å²) in [6, 6.07) is 9.87. The zero-order valence-corrected chi connectivity index (χ0v) is 15.9. The van der Waals surface area contributed by atoms with E-state index in [1.165, 1.54) is 0 Å². The number of hydrogen-bond donors (Lipinski definition) is 2. The maximum Gasteiger partial charge on any atom is 0.226 e. The highest BCUT2D eigenvalue weighted by molar-refractivity contribution is 5.79. The van der Waals surface area contributed by atoms with Gasteiger partial charge in [-0.3, -0.25) is 4.99 Å². The van der Waals surface area contributed by atoms with Gasteiger partial charge in [0.1, 0.15) is 12.1 Å². The number of nitrogens with one attached hydrogen (secondary N) is 2. The average molecular weight is 366 g/mol. The van der Waals surface area contributed by atoms with Crippen LogP contribution in [0.1, 0.15) is 24.4 Å². The maximum atomic E-state index is 5.56. The van der Waals surface area contributed by atoms with Crippen LogP contribution in [0.15, 0.2) is 58.4 Å². The number of benzene rings is 1. The zero-order chi connectivity index (χ0) is 18.9. The predicted molar refractivity (Wildman–Crippen MR) is 106 cm³/mol. The van der Waals surface area contributed by atoms with Crippen molar-refractivity contribution in [2.24, 2.45) is 4.99 Å². The van der Waals surface area contributed by atoms with Crippen LogP contribution in [0.2, 0.25) is 0 Å². The third-order valence-electron chi connectivity index (χ3n) is 4.27. The molecule has 0 fully saturated rings. The molecule has 3 rings (SSSR count). The van der Waals surface area contributed by atoms with E-state index < -0.39 is 0 Å². The minimum atomic E-state index is 0.560. The molecule has 142 valence electrons. The molecular weight excluding hydrogens is 340 g/mol. The Hall–Kier alpha value is -3.09. The highest BCUT2D eigenvalue weighted by Crippen LogP contribution is 2.17. The number of hydrogen-bond acceptors (Lipinski definition) is 4. The SMILES string of the molecule is CN=C(NCCCCn1ccnc1C)NCc1coc(-c2ccccc2)n1. The monoisotopic (exact) mass is 366 g/mol. The lowest BCUT2D eigenvalue weighted by molar-refractivity contribution is 0.571. The number of aliphatic imine (C=N–C) groups is 1. The molecule has 0 aliphatic carbocycles. The van der Waals surface area contributed by atoms with E-state index in [2.05, 4.69) is 30.2 Å². The molecule has 1 aromatic carbocycles. The summed E-state index contributed by atoms with van der Waals surface area (Å²) in [5, 5.41) is 6.59. The molecule has 7 heteroatoms. The lowest BCUT2D eigenvalue weighted by Crippen LogP contribution is -2.37. The summed E-state index contributed by atoms with van der Waals surface area (Å²) in [6.45, 7) is 4.43. The molecule has 0 aliphatic heterocycles. The number of aromatic nitrogens is 3. The lowest BCUT2D eigenvalue weighted by atomic mass is 10.2. The third kappa shape index (κ3) is 5.44. The molecule has 0 amide bonds. The van der Waals surface area contributed by atoms with Crippen molar-refractivity contribution in [3.8, 4) is 11.5 Å². The minimum Gasteiger partial charge on any atom is -0.444 e. The summed E-state index contributed by atoms with van der Waals surface area (Å²) in [4.78, 5) is 13.0. The summed E-state index contributed by atoms with van der Waals surface area (Å²) in [6.07, 6.45) is 7.68. The van der Waals surface area contributed by atoms with Crippen LogP contribution in [-0.4, -0.2) is 34.1 Å². The molecule has 2 aromatic heterocycles. The molecule has 0 aliphatic rings. The molecule has 0 radical (unpaired) electrons. The minimum absolute atomic E-state index is 0.560. The smallest absolute Gasteiger partial charge is 0.226 e. The highest BCUT2D eigenvalue weighted by Gasteiger charge is 2.07. The van der Waals surface area contributed by atoms with Crippen molar-refractivity contribution in [1.29, 1.82) is 0 Å². The first-order chi connectivity index (χ1) is 13.3. The number of aryl methyl sites for hydroxylation is 2. The number of unbranched alkanes of at least 4 members (excludes halogenated alkanes) is 1. The third-order valence-corrected chi connectivity index (χ3v) is 4.27. The molecule has 0 saturated carbocycles. The van der Waals surface area contributed by atoms with E-state index in [0.29, 0.717) is 12.4 Å². The fraction of sp³-hybridized carbons (Fsp3) is 0.350. The van der Waals surface area contributed by atoms with Crippen LogP contribution in [0.4, 0.5) is 0 Å². The Morgan fingerprint density at radius 3 is 2.78 bits per heavy atom. The first-order valence-corrected chi connectivity index (χ1v) is 9.18. The fourth-order valence-electron chi connectivity index (χ4n) is 2.75. The van der Waals surface area contributed by atoms with Crippen molar-refractivity contribution in [3.63, 3.8) is 0 Å². The van der Waals surface area contributed by atoms with E-state index in [9.17, 15) is 0 Å². The van der Waals surface area contributed by atoms with Gasteiger partial charge in [-0.15, -0.1) is 0 Å². The van der Waals surface area contributed by atoms with Gasteiger partial charge in [-0.25, -0.2) is 9.97 Å². The number of imidazole rings is 1. The average Bonchev–Trinajstić information content (AvgIpc) is 3.34. The second-order valence-corrected chi connectivity index (χ2v) is 6.24. The molecule has 2 heterocycles. The molecule has 0 atom stereocenters. The molecule has 0 saturated heterocycles. The molecule has 3 aromatic rings. The van der Waals surface area contributed by atoms with E-state index in [0.717, 1.165) is 49.0 Å². The molecule has 0 unspecified atom stereocenters. The van der Waals surface area contributed by atoms with Crippen molar-refractivity contribution in [2.75, 3.05) is 13.6 Å². The Morgan fingerprint density at radius 1 is 1.19 bits per heavy atom. The van der Waals surface area contributed by atoms with Gasteiger partial charge in [0.05, 0.1) is 12.2 Å². The van der Waals surface area contributed by atoms with Crippen LogP contribution in [0, 0.1) is 6.92 Å². The Balaban J connectivity index is 1.38. The van der Waals surface area contributed by atoms with Gasteiger partial charge in [0.2, 0.25) is 5.89 Å². The first-order valence-electron chi connectivity index (χ1n) is 9.18. The molecule has 0 spiro atoms. The van der Waals surface area contributed by atoms with Gasteiger partial charge in [0.25, 0.3) is 0 Å². The number of guanidine groups is 1. The van der Waals surface area contributed by atoms with Crippen molar-refractivity contribution in [3.05, 3.63) is 60.5 Å². The molecule has 2 N–H and O–H groups in total. The first kappa shape index (κ1) is 18.7. The summed E-state index contributed by atoms with van der Waals surface area (Å²) in [5.41, 5.74) is 1.81. The van der Waals surface area contributed by atoms with Gasteiger partial charge < -0.3 is 19.6 Å². The van der Waals surface area contributed by atoms with Crippen molar-refractivity contribution in [1.82, 2.24) is 25.2 Å². The van der Waals surface area contributed by atoms with Gasteiger partial charge in [-0.2, -0.15) is 0 Å².